The van der Waals surface area contributed by atoms with Gasteiger partial charge in [0.05, 0.1) is 24.5 Å². The number of carboxylic acids is 1. The topological polar surface area (TPSA) is 81.8 Å². The van der Waals surface area contributed by atoms with Crippen LogP contribution >= 0.6 is 0 Å². The van der Waals surface area contributed by atoms with Gasteiger partial charge in [-0.15, -0.1) is 0 Å². The molecule has 0 amide bonds. The molecule has 0 atom stereocenters. The van der Waals surface area contributed by atoms with Crippen LogP contribution in [-0.2, 0) is 0 Å². The number of rotatable bonds is 7. The summed E-state index contributed by atoms with van der Waals surface area (Å²) >= 11 is 0. The van der Waals surface area contributed by atoms with Crippen molar-refractivity contribution < 1.29 is 19.4 Å². The summed E-state index contributed by atoms with van der Waals surface area (Å²) < 4.78 is 11.0. The fraction of sp³-hybridized carbons (Fsp3) is 0.188. The van der Waals surface area contributed by atoms with Crippen LogP contribution < -0.4 is 15.2 Å². The van der Waals surface area contributed by atoms with E-state index in [0.29, 0.717) is 31.1 Å². The van der Waals surface area contributed by atoms with E-state index in [1.807, 2.05) is 30.3 Å². The second-order valence-corrected chi connectivity index (χ2v) is 4.42. The minimum Gasteiger partial charge on any atom is -0.493 e. The molecule has 2 aromatic carbocycles. The van der Waals surface area contributed by atoms with Crippen LogP contribution in [0, 0.1) is 0 Å². The van der Waals surface area contributed by atoms with E-state index in [1.165, 1.54) is 18.2 Å². The molecule has 0 radical (unpaired) electrons. The number of para-hydroxylation sites is 1. The zero-order valence-electron chi connectivity index (χ0n) is 11.5. The number of anilines is 1. The van der Waals surface area contributed by atoms with Crippen molar-refractivity contribution in [2.24, 2.45) is 0 Å². The van der Waals surface area contributed by atoms with Gasteiger partial charge >= 0.3 is 5.97 Å². The van der Waals surface area contributed by atoms with E-state index >= 15 is 0 Å². The molecule has 0 heterocycles. The Hall–Kier alpha value is -2.69. The lowest BCUT2D eigenvalue weighted by molar-refractivity contribution is 0.0696. The van der Waals surface area contributed by atoms with Gasteiger partial charge in [-0.25, -0.2) is 4.79 Å². The molecule has 0 fully saturated rings. The Labute approximate surface area is 122 Å². The van der Waals surface area contributed by atoms with Gasteiger partial charge < -0.3 is 20.3 Å². The maximum absolute atomic E-state index is 10.9. The van der Waals surface area contributed by atoms with Crippen LogP contribution in [0.1, 0.15) is 16.8 Å². The Morgan fingerprint density at radius 2 is 1.76 bits per heavy atom. The van der Waals surface area contributed by atoms with Gasteiger partial charge in [-0.05, 0) is 30.3 Å². The molecule has 0 saturated heterocycles. The number of hydrogen-bond acceptors (Lipinski definition) is 4. The van der Waals surface area contributed by atoms with Crippen molar-refractivity contribution in [1.82, 2.24) is 0 Å². The van der Waals surface area contributed by atoms with Gasteiger partial charge in [0.25, 0.3) is 0 Å². The highest BCUT2D eigenvalue weighted by atomic mass is 16.5. The molecule has 5 heteroatoms. The van der Waals surface area contributed by atoms with Crippen molar-refractivity contribution in [2.75, 3.05) is 18.9 Å². The fourth-order valence-electron chi connectivity index (χ4n) is 1.74. The molecule has 0 aliphatic carbocycles. The summed E-state index contributed by atoms with van der Waals surface area (Å²) in [5.41, 5.74) is 6.32. The Balaban J connectivity index is 1.78. The van der Waals surface area contributed by atoms with E-state index in [-0.39, 0.29) is 5.56 Å². The van der Waals surface area contributed by atoms with E-state index < -0.39 is 5.97 Å². The number of carboxylic acid groups (broad SMARTS) is 1. The van der Waals surface area contributed by atoms with Crippen LogP contribution in [0.4, 0.5) is 5.69 Å². The number of benzene rings is 2. The van der Waals surface area contributed by atoms with Gasteiger partial charge in [-0.1, -0.05) is 18.2 Å². The van der Waals surface area contributed by atoms with Crippen LogP contribution in [0.2, 0.25) is 0 Å². The number of ether oxygens (including phenoxy) is 2. The first-order chi connectivity index (χ1) is 10.2. The van der Waals surface area contributed by atoms with E-state index in [4.69, 9.17) is 20.3 Å². The number of nitrogen functional groups attached to an aromatic ring is 1. The van der Waals surface area contributed by atoms with Gasteiger partial charge in [-0.2, -0.15) is 0 Å². The molecule has 3 N–H and O–H groups in total. The zero-order chi connectivity index (χ0) is 15.1. The van der Waals surface area contributed by atoms with Gasteiger partial charge in [-0.3, -0.25) is 0 Å². The van der Waals surface area contributed by atoms with Crippen LogP contribution in [-0.4, -0.2) is 24.3 Å². The van der Waals surface area contributed by atoms with Crippen LogP contribution in [0.3, 0.4) is 0 Å². The molecule has 0 aliphatic rings. The molecule has 0 aliphatic heterocycles. The summed E-state index contributed by atoms with van der Waals surface area (Å²) in [6, 6.07) is 13.9. The third kappa shape index (κ3) is 4.42. The highest BCUT2D eigenvalue weighted by Crippen LogP contribution is 2.23. The average Bonchev–Trinajstić information content (AvgIpc) is 2.49. The summed E-state index contributed by atoms with van der Waals surface area (Å²) in [4.78, 5) is 10.9. The van der Waals surface area contributed by atoms with Crippen molar-refractivity contribution in [3.63, 3.8) is 0 Å². The third-order valence-electron chi connectivity index (χ3n) is 2.82. The molecule has 5 nitrogen and oxygen atoms in total. The first-order valence-corrected chi connectivity index (χ1v) is 6.60. The lowest BCUT2D eigenvalue weighted by atomic mass is 10.2. The molecule has 110 valence electrons. The second-order valence-electron chi connectivity index (χ2n) is 4.42. The summed E-state index contributed by atoms with van der Waals surface area (Å²) in [6.45, 7) is 0.919. The molecule has 0 bridgehead atoms. The zero-order valence-corrected chi connectivity index (χ0v) is 11.5. The summed E-state index contributed by atoms with van der Waals surface area (Å²) in [5, 5.41) is 8.92. The minimum atomic E-state index is -1.01. The lowest BCUT2D eigenvalue weighted by Crippen LogP contribution is -2.07. The van der Waals surface area contributed by atoms with Crippen molar-refractivity contribution in [3.8, 4) is 11.5 Å². The monoisotopic (exact) mass is 287 g/mol. The summed E-state index contributed by atoms with van der Waals surface area (Å²) in [6.07, 6.45) is 0.672. The summed E-state index contributed by atoms with van der Waals surface area (Å²) in [5.74, 6) is 0.187. The second kappa shape index (κ2) is 7.19. The number of carbonyl (C=O) groups is 1. The molecule has 0 unspecified atom stereocenters. The highest BCUT2D eigenvalue weighted by Gasteiger charge is 2.07. The van der Waals surface area contributed by atoms with Crippen molar-refractivity contribution >= 4 is 11.7 Å². The maximum atomic E-state index is 10.9. The Morgan fingerprint density at radius 3 is 2.48 bits per heavy atom. The van der Waals surface area contributed by atoms with Crippen molar-refractivity contribution in [3.05, 3.63) is 54.1 Å². The van der Waals surface area contributed by atoms with Crippen molar-refractivity contribution in [2.45, 2.75) is 6.42 Å². The maximum Gasteiger partial charge on any atom is 0.335 e. The Kier molecular flexibility index (Phi) is 5.04. The fourth-order valence-corrected chi connectivity index (χ4v) is 1.74. The van der Waals surface area contributed by atoms with Crippen molar-refractivity contribution in [1.29, 1.82) is 0 Å². The molecule has 0 spiro atoms. The van der Waals surface area contributed by atoms with Crippen LogP contribution in [0.25, 0.3) is 0 Å². The predicted molar refractivity (Wildman–Crippen MR) is 79.9 cm³/mol. The first kappa shape index (κ1) is 14.7. The molecule has 0 aromatic heterocycles. The summed E-state index contributed by atoms with van der Waals surface area (Å²) in [7, 11) is 0. The molecule has 0 saturated carbocycles. The number of aromatic carboxylic acids is 1. The van der Waals surface area contributed by atoms with E-state index in [1.54, 1.807) is 0 Å². The molecule has 2 rings (SSSR count). The standard InChI is InChI=1S/C16H17NO4/c17-14-8-7-12(16(18)19)11-15(14)21-10-4-9-20-13-5-2-1-3-6-13/h1-3,5-8,11H,4,9-10,17H2,(H,18,19). The van der Waals surface area contributed by atoms with Crippen LogP contribution in [0.15, 0.2) is 48.5 Å². The van der Waals surface area contributed by atoms with Gasteiger partial charge in [0.15, 0.2) is 0 Å². The molecule has 21 heavy (non-hydrogen) atoms. The Morgan fingerprint density at radius 1 is 1.05 bits per heavy atom. The smallest absolute Gasteiger partial charge is 0.335 e. The third-order valence-corrected chi connectivity index (χ3v) is 2.82. The SMILES string of the molecule is Nc1ccc(C(=O)O)cc1OCCCOc1ccccc1. The van der Waals surface area contributed by atoms with E-state index in [2.05, 4.69) is 0 Å². The molecular formula is C16H17NO4. The quantitative estimate of drug-likeness (QED) is 0.604. The normalized spacial score (nSPS) is 10.1. The van der Waals surface area contributed by atoms with E-state index in [0.717, 1.165) is 5.75 Å². The molecule has 2 aromatic rings. The van der Waals surface area contributed by atoms with Gasteiger partial charge in [0, 0.05) is 6.42 Å². The number of hydrogen-bond donors (Lipinski definition) is 2. The van der Waals surface area contributed by atoms with Gasteiger partial charge in [0.2, 0.25) is 0 Å². The van der Waals surface area contributed by atoms with Gasteiger partial charge in [0.1, 0.15) is 11.5 Å². The predicted octanol–water partition coefficient (Wildman–Crippen LogP) is 2.81. The first-order valence-electron chi connectivity index (χ1n) is 6.60. The van der Waals surface area contributed by atoms with E-state index in [9.17, 15) is 4.79 Å². The average molecular weight is 287 g/mol. The molecular weight excluding hydrogens is 270 g/mol. The van der Waals surface area contributed by atoms with Crippen LogP contribution in [0.5, 0.6) is 11.5 Å². The highest BCUT2D eigenvalue weighted by molar-refractivity contribution is 5.89. The minimum absolute atomic E-state index is 0.153. The largest absolute Gasteiger partial charge is 0.493 e. The number of nitrogens with two attached hydrogens (primary N) is 1. The Bertz CT molecular complexity index is 598. The lowest BCUT2D eigenvalue weighted by Gasteiger charge is -2.10.